The van der Waals surface area contributed by atoms with Crippen LogP contribution in [0.5, 0.6) is 0 Å². The Hall–Kier alpha value is -0.340. The molecule has 1 atom stereocenters. The first kappa shape index (κ1) is 12.7. The molecule has 0 fully saturated rings. The molecule has 86 valence electrons. The molecule has 1 aromatic rings. The van der Waals surface area contributed by atoms with Gasteiger partial charge in [0.15, 0.2) is 0 Å². The molecule has 1 nitrogen and oxygen atoms in total. The van der Waals surface area contributed by atoms with Gasteiger partial charge < -0.3 is 5.32 Å². The monoisotopic (exact) mass is 225 g/mol. The van der Waals surface area contributed by atoms with Gasteiger partial charge in [0.2, 0.25) is 0 Å². The number of thiophene rings is 1. The second-order valence-corrected chi connectivity index (χ2v) is 4.92. The topological polar surface area (TPSA) is 12.0 Å². The molecule has 1 unspecified atom stereocenters. The van der Waals surface area contributed by atoms with E-state index in [0.29, 0.717) is 0 Å². The highest BCUT2D eigenvalue weighted by molar-refractivity contribution is 7.07. The first-order chi connectivity index (χ1) is 7.36. The zero-order valence-electron chi connectivity index (χ0n) is 9.96. The van der Waals surface area contributed by atoms with Gasteiger partial charge in [-0.3, -0.25) is 0 Å². The van der Waals surface area contributed by atoms with Gasteiger partial charge in [0.25, 0.3) is 0 Å². The summed E-state index contributed by atoms with van der Waals surface area (Å²) in [6, 6.07) is 2.93. The number of nitrogens with one attached hydrogen (secondary N) is 1. The molecule has 0 saturated heterocycles. The smallest absolute Gasteiger partial charge is 0.0216 e. The summed E-state index contributed by atoms with van der Waals surface area (Å²) in [5.41, 5.74) is 1.43. The van der Waals surface area contributed by atoms with Crippen LogP contribution in [0.25, 0.3) is 0 Å². The molecule has 0 aliphatic rings. The predicted molar refractivity (Wildman–Crippen MR) is 69.4 cm³/mol. The summed E-state index contributed by atoms with van der Waals surface area (Å²) in [5, 5.41) is 8.05. The van der Waals surface area contributed by atoms with Crippen LogP contribution in [0, 0.1) is 0 Å². The molecule has 1 N–H and O–H groups in total. The summed E-state index contributed by atoms with van der Waals surface area (Å²) in [5.74, 6) is 0. The summed E-state index contributed by atoms with van der Waals surface area (Å²) >= 11 is 1.78. The van der Waals surface area contributed by atoms with E-state index in [2.05, 4.69) is 36.0 Å². The molecular weight excluding hydrogens is 202 g/mol. The standard InChI is InChI=1S/C13H23NS/c1-3-5-7-13(6-4-2)14-10-12-8-9-15-11-12/h8-9,11,13-14H,3-7,10H2,1-2H3. The molecule has 0 aliphatic heterocycles. The maximum atomic E-state index is 3.66. The Kier molecular flexibility index (Phi) is 6.69. The molecule has 0 aromatic carbocycles. The lowest BCUT2D eigenvalue weighted by atomic mass is 10.1. The van der Waals surface area contributed by atoms with Crippen LogP contribution in [0.3, 0.4) is 0 Å². The van der Waals surface area contributed by atoms with E-state index >= 15 is 0 Å². The lowest BCUT2D eigenvalue weighted by Crippen LogP contribution is -2.28. The SMILES string of the molecule is CCCCC(CCC)NCc1ccsc1. The van der Waals surface area contributed by atoms with Crippen molar-refractivity contribution in [3.8, 4) is 0 Å². The van der Waals surface area contributed by atoms with Gasteiger partial charge in [-0.1, -0.05) is 33.1 Å². The molecule has 0 aliphatic carbocycles. The average Bonchev–Trinajstić information content (AvgIpc) is 2.75. The largest absolute Gasteiger partial charge is 0.310 e. The Morgan fingerprint density at radius 2 is 2.13 bits per heavy atom. The highest BCUT2D eigenvalue weighted by Gasteiger charge is 2.06. The number of rotatable bonds is 8. The van der Waals surface area contributed by atoms with Crippen LogP contribution < -0.4 is 5.32 Å². The molecule has 15 heavy (non-hydrogen) atoms. The Labute approximate surface area is 97.9 Å². The number of hydrogen-bond acceptors (Lipinski definition) is 2. The first-order valence-electron chi connectivity index (χ1n) is 6.11. The summed E-state index contributed by atoms with van der Waals surface area (Å²) in [6.07, 6.45) is 6.57. The van der Waals surface area contributed by atoms with E-state index in [4.69, 9.17) is 0 Å². The van der Waals surface area contributed by atoms with Crippen LogP contribution in [0.15, 0.2) is 16.8 Å². The van der Waals surface area contributed by atoms with Crippen molar-refractivity contribution in [2.75, 3.05) is 0 Å². The van der Waals surface area contributed by atoms with E-state index in [9.17, 15) is 0 Å². The Bertz CT molecular complexity index is 231. The number of hydrogen-bond donors (Lipinski definition) is 1. The lowest BCUT2D eigenvalue weighted by Gasteiger charge is -2.17. The van der Waals surface area contributed by atoms with Gasteiger partial charge in [0, 0.05) is 12.6 Å². The normalized spacial score (nSPS) is 12.9. The van der Waals surface area contributed by atoms with Gasteiger partial charge in [-0.15, -0.1) is 0 Å². The third-order valence-corrected chi connectivity index (χ3v) is 3.45. The molecule has 0 saturated carbocycles. The fraction of sp³-hybridized carbons (Fsp3) is 0.692. The lowest BCUT2D eigenvalue weighted by molar-refractivity contribution is 0.434. The zero-order valence-corrected chi connectivity index (χ0v) is 10.8. The zero-order chi connectivity index (χ0) is 10.9. The quantitative estimate of drug-likeness (QED) is 0.699. The minimum atomic E-state index is 0.717. The highest BCUT2D eigenvalue weighted by atomic mass is 32.1. The van der Waals surface area contributed by atoms with Crippen molar-refractivity contribution in [1.29, 1.82) is 0 Å². The second-order valence-electron chi connectivity index (χ2n) is 4.14. The van der Waals surface area contributed by atoms with Gasteiger partial charge in [-0.25, -0.2) is 0 Å². The molecular formula is C13H23NS. The van der Waals surface area contributed by atoms with Crippen LogP contribution in [0.1, 0.15) is 51.5 Å². The molecule has 0 radical (unpaired) electrons. The maximum absolute atomic E-state index is 3.66. The van der Waals surface area contributed by atoms with Crippen LogP contribution in [-0.4, -0.2) is 6.04 Å². The fourth-order valence-electron chi connectivity index (χ4n) is 1.80. The molecule has 0 spiro atoms. The molecule has 1 aromatic heterocycles. The summed E-state index contributed by atoms with van der Waals surface area (Å²) in [6.45, 7) is 5.57. The van der Waals surface area contributed by atoms with Crippen LogP contribution in [0.2, 0.25) is 0 Å². The van der Waals surface area contributed by atoms with Crippen molar-refractivity contribution in [2.45, 2.75) is 58.5 Å². The first-order valence-corrected chi connectivity index (χ1v) is 7.05. The van der Waals surface area contributed by atoms with Crippen LogP contribution >= 0.6 is 11.3 Å². The van der Waals surface area contributed by atoms with Gasteiger partial charge >= 0.3 is 0 Å². The maximum Gasteiger partial charge on any atom is 0.0216 e. The van der Waals surface area contributed by atoms with Crippen molar-refractivity contribution in [3.05, 3.63) is 22.4 Å². The molecule has 0 amide bonds. The number of unbranched alkanes of at least 4 members (excludes halogenated alkanes) is 1. The Morgan fingerprint density at radius 3 is 2.73 bits per heavy atom. The van der Waals surface area contributed by atoms with Crippen molar-refractivity contribution in [3.63, 3.8) is 0 Å². The van der Waals surface area contributed by atoms with Gasteiger partial charge in [-0.2, -0.15) is 11.3 Å². The van der Waals surface area contributed by atoms with Gasteiger partial charge in [0.1, 0.15) is 0 Å². The summed E-state index contributed by atoms with van der Waals surface area (Å²) in [7, 11) is 0. The minimum absolute atomic E-state index is 0.717. The van der Waals surface area contributed by atoms with Crippen LogP contribution in [0.4, 0.5) is 0 Å². The molecule has 0 bridgehead atoms. The molecule has 2 heteroatoms. The summed E-state index contributed by atoms with van der Waals surface area (Å²) in [4.78, 5) is 0. The van der Waals surface area contributed by atoms with E-state index < -0.39 is 0 Å². The van der Waals surface area contributed by atoms with E-state index in [1.165, 1.54) is 37.7 Å². The second kappa shape index (κ2) is 7.89. The average molecular weight is 225 g/mol. The van der Waals surface area contributed by atoms with Crippen molar-refractivity contribution >= 4 is 11.3 Å². The third kappa shape index (κ3) is 5.33. The van der Waals surface area contributed by atoms with E-state index in [1.54, 1.807) is 11.3 Å². The fourth-order valence-corrected chi connectivity index (χ4v) is 2.47. The van der Waals surface area contributed by atoms with Gasteiger partial charge in [0.05, 0.1) is 0 Å². The molecule has 1 heterocycles. The minimum Gasteiger partial charge on any atom is -0.310 e. The van der Waals surface area contributed by atoms with E-state index in [1.807, 2.05) is 0 Å². The predicted octanol–water partition coefficient (Wildman–Crippen LogP) is 4.20. The van der Waals surface area contributed by atoms with Crippen molar-refractivity contribution in [1.82, 2.24) is 5.32 Å². The van der Waals surface area contributed by atoms with Crippen LogP contribution in [-0.2, 0) is 6.54 Å². The van der Waals surface area contributed by atoms with Crippen molar-refractivity contribution < 1.29 is 0 Å². The highest BCUT2D eigenvalue weighted by Crippen LogP contribution is 2.10. The van der Waals surface area contributed by atoms with E-state index in [0.717, 1.165) is 12.6 Å². The Morgan fingerprint density at radius 1 is 1.27 bits per heavy atom. The van der Waals surface area contributed by atoms with Gasteiger partial charge in [-0.05, 0) is 35.2 Å². The van der Waals surface area contributed by atoms with E-state index in [-0.39, 0.29) is 0 Å². The molecule has 1 rings (SSSR count). The van der Waals surface area contributed by atoms with Crippen molar-refractivity contribution in [2.24, 2.45) is 0 Å². The third-order valence-electron chi connectivity index (χ3n) is 2.72. The Balaban J connectivity index is 2.24. The summed E-state index contributed by atoms with van der Waals surface area (Å²) < 4.78 is 0.